The largest absolute Gasteiger partial charge is 0.337 e. The summed E-state index contributed by atoms with van der Waals surface area (Å²) in [5.74, 6) is 0. The lowest BCUT2D eigenvalue weighted by molar-refractivity contribution is 0.183. The van der Waals surface area contributed by atoms with Crippen LogP contribution in [0.3, 0.4) is 0 Å². The summed E-state index contributed by atoms with van der Waals surface area (Å²) in [5.41, 5.74) is 0. The quantitative estimate of drug-likeness (QED) is 0.730. The smallest absolute Gasteiger partial charge is 0.317 e. The van der Waals surface area contributed by atoms with Gasteiger partial charge in [0.25, 0.3) is 0 Å². The van der Waals surface area contributed by atoms with E-state index in [4.69, 9.17) is 5.14 Å². The van der Waals surface area contributed by atoms with Crippen molar-refractivity contribution in [3.63, 3.8) is 0 Å². The highest BCUT2D eigenvalue weighted by Gasteiger charge is 2.30. The maximum atomic E-state index is 12.1. The fraction of sp³-hybridized carbons (Fsp3) is 0.923. The Morgan fingerprint density at radius 2 is 2.19 bits per heavy atom. The summed E-state index contributed by atoms with van der Waals surface area (Å²) < 4.78 is 22.8. The number of urea groups is 1. The Kier molecular flexibility index (Phi) is 6.89. The summed E-state index contributed by atoms with van der Waals surface area (Å²) in [6, 6.07) is 0.268. The second kappa shape index (κ2) is 7.95. The number of nitrogens with zero attached hydrogens (tertiary/aromatic N) is 2. The van der Waals surface area contributed by atoms with Gasteiger partial charge in [-0.05, 0) is 33.2 Å². The number of nitrogens with two attached hydrogens (primary N) is 1. The first-order chi connectivity index (χ1) is 9.75. The number of carbonyl (C=O) groups excluding carboxylic acids is 1. The molecule has 1 saturated heterocycles. The van der Waals surface area contributed by atoms with Crippen LogP contribution >= 0.6 is 0 Å². The van der Waals surface area contributed by atoms with E-state index >= 15 is 0 Å². The van der Waals surface area contributed by atoms with E-state index in [1.165, 1.54) is 0 Å². The number of carbonyl (C=O) groups is 1. The van der Waals surface area contributed by atoms with Gasteiger partial charge < -0.3 is 15.1 Å². The average Bonchev–Trinajstić information content (AvgIpc) is 2.45. The minimum atomic E-state index is -3.57. The lowest BCUT2D eigenvalue weighted by Crippen LogP contribution is -2.51. The predicted octanol–water partition coefficient (Wildman–Crippen LogP) is 0.179. The van der Waals surface area contributed by atoms with Gasteiger partial charge in [0.2, 0.25) is 10.0 Å². The maximum absolute atomic E-state index is 12.1. The molecule has 0 saturated carbocycles. The van der Waals surface area contributed by atoms with E-state index in [-0.39, 0.29) is 12.6 Å². The second-order valence-electron chi connectivity index (χ2n) is 5.77. The van der Waals surface area contributed by atoms with Crippen LogP contribution in [0, 0.1) is 0 Å². The van der Waals surface area contributed by atoms with Gasteiger partial charge in [-0.1, -0.05) is 6.92 Å². The van der Waals surface area contributed by atoms with Gasteiger partial charge >= 0.3 is 6.03 Å². The Bertz CT molecular complexity index is 441. The van der Waals surface area contributed by atoms with Gasteiger partial charge in [0.1, 0.15) is 0 Å². The van der Waals surface area contributed by atoms with Crippen molar-refractivity contribution < 1.29 is 13.2 Å². The molecule has 2 atom stereocenters. The predicted molar refractivity (Wildman–Crippen MR) is 83.5 cm³/mol. The van der Waals surface area contributed by atoms with Gasteiger partial charge in [0.15, 0.2) is 0 Å². The molecule has 2 amide bonds. The molecule has 1 rings (SSSR count). The number of nitrogens with one attached hydrogen (secondary N) is 1. The zero-order valence-corrected chi connectivity index (χ0v) is 14.0. The SMILES string of the molecule is CCC(C)N(C)CCNC(=O)N1CCCC(S(N)(=O)=O)C1. The minimum absolute atomic E-state index is 0.186. The number of rotatable bonds is 6. The molecule has 7 nitrogen and oxygen atoms in total. The highest BCUT2D eigenvalue weighted by Crippen LogP contribution is 2.15. The van der Waals surface area contributed by atoms with Crippen LogP contribution in [0.5, 0.6) is 0 Å². The van der Waals surface area contributed by atoms with Crippen LogP contribution in [0.4, 0.5) is 4.79 Å². The molecule has 0 spiro atoms. The molecule has 1 heterocycles. The number of hydrogen-bond donors (Lipinski definition) is 2. The molecule has 8 heteroatoms. The standard InChI is InChI=1S/C13H28N4O3S/c1-4-11(2)16(3)9-7-15-13(18)17-8-5-6-12(10-17)21(14,19)20/h11-12H,4-10H2,1-3H3,(H,15,18)(H2,14,19,20). The molecule has 0 bridgehead atoms. The number of primary sulfonamides is 1. The summed E-state index contributed by atoms with van der Waals surface area (Å²) in [7, 11) is -1.54. The zero-order chi connectivity index (χ0) is 16.0. The van der Waals surface area contributed by atoms with Gasteiger partial charge in [-0.15, -0.1) is 0 Å². The van der Waals surface area contributed by atoms with Crippen LogP contribution in [0.25, 0.3) is 0 Å². The van der Waals surface area contributed by atoms with Crippen LogP contribution < -0.4 is 10.5 Å². The molecule has 0 radical (unpaired) electrons. The monoisotopic (exact) mass is 320 g/mol. The summed E-state index contributed by atoms with van der Waals surface area (Å²) in [6.07, 6.45) is 2.26. The van der Waals surface area contributed by atoms with Crippen LogP contribution in [0.1, 0.15) is 33.1 Å². The van der Waals surface area contributed by atoms with Gasteiger partial charge in [-0.2, -0.15) is 0 Å². The summed E-state index contributed by atoms with van der Waals surface area (Å²) >= 11 is 0. The molecule has 21 heavy (non-hydrogen) atoms. The van der Waals surface area contributed by atoms with Crippen molar-refractivity contribution in [2.24, 2.45) is 5.14 Å². The number of hydrogen-bond acceptors (Lipinski definition) is 4. The van der Waals surface area contributed by atoms with Crippen molar-refractivity contribution in [3.8, 4) is 0 Å². The van der Waals surface area contributed by atoms with E-state index in [0.29, 0.717) is 32.0 Å². The van der Waals surface area contributed by atoms with Crippen molar-refractivity contribution in [3.05, 3.63) is 0 Å². The first-order valence-corrected chi connectivity index (χ1v) is 9.11. The molecular weight excluding hydrogens is 292 g/mol. The van der Waals surface area contributed by atoms with Crippen LogP contribution in [-0.2, 0) is 10.0 Å². The number of piperidine rings is 1. The normalized spacial score (nSPS) is 21.4. The molecule has 0 aliphatic carbocycles. The van der Waals surface area contributed by atoms with Crippen molar-refractivity contribution in [1.82, 2.24) is 15.1 Å². The molecule has 1 aliphatic heterocycles. The van der Waals surface area contributed by atoms with E-state index in [9.17, 15) is 13.2 Å². The lowest BCUT2D eigenvalue weighted by Gasteiger charge is -2.32. The highest BCUT2D eigenvalue weighted by atomic mass is 32.2. The fourth-order valence-electron chi connectivity index (χ4n) is 2.37. The lowest BCUT2D eigenvalue weighted by atomic mass is 10.1. The maximum Gasteiger partial charge on any atom is 0.317 e. The molecule has 0 aromatic heterocycles. The molecule has 0 aromatic carbocycles. The fourth-order valence-corrected chi connectivity index (χ4v) is 3.26. The Morgan fingerprint density at radius 3 is 2.76 bits per heavy atom. The topological polar surface area (TPSA) is 95.7 Å². The summed E-state index contributed by atoms with van der Waals surface area (Å²) in [5, 5.41) is 7.37. The summed E-state index contributed by atoms with van der Waals surface area (Å²) in [6.45, 7) is 6.36. The Balaban J connectivity index is 2.38. The average molecular weight is 320 g/mol. The van der Waals surface area contributed by atoms with E-state index < -0.39 is 15.3 Å². The number of likely N-dealkylation sites (tertiary alicyclic amines) is 1. The molecule has 1 aliphatic rings. The van der Waals surface area contributed by atoms with E-state index in [2.05, 4.69) is 24.1 Å². The summed E-state index contributed by atoms with van der Waals surface area (Å²) in [4.78, 5) is 15.8. The number of amides is 2. The van der Waals surface area contributed by atoms with E-state index in [1.807, 2.05) is 7.05 Å². The van der Waals surface area contributed by atoms with Crippen LogP contribution in [-0.4, -0.2) is 68.8 Å². The van der Waals surface area contributed by atoms with Gasteiger partial charge in [0, 0.05) is 32.2 Å². The van der Waals surface area contributed by atoms with Gasteiger partial charge in [0.05, 0.1) is 5.25 Å². The van der Waals surface area contributed by atoms with Crippen molar-refractivity contribution in [1.29, 1.82) is 0 Å². The molecular formula is C13H28N4O3S. The Hall–Kier alpha value is -0.860. The van der Waals surface area contributed by atoms with Crippen molar-refractivity contribution >= 4 is 16.1 Å². The number of sulfonamides is 1. The first kappa shape index (κ1) is 18.2. The van der Waals surface area contributed by atoms with Crippen LogP contribution in [0.2, 0.25) is 0 Å². The third-order valence-corrected chi connectivity index (χ3v) is 5.53. The van der Waals surface area contributed by atoms with Crippen molar-refractivity contribution in [2.45, 2.75) is 44.4 Å². The molecule has 0 aromatic rings. The van der Waals surface area contributed by atoms with Gasteiger partial charge in [-0.25, -0.2) is 18.4 Å². The minimum Gasteiger partial charge on any atom is -0.337 e. The van der Waals surface area contributed by atoms with E-state index in [0.717, 1.165) is 13.0 Å². The molecule has 2 unspecified atom stereocenters. The van der Waals surface area contributed by atoms with Crippen LogP contribution in [0.15, 0.2) is 0 Å². The second-order valence-corrected chi connectivity index (χ2v) is 7.61. The molecule has 124 valence electrons. The zero-order valence-electron chi connectivity index (χ0n) is 13.2. The Labute approximate surface area is 127 Å². The Morgan fingerprint density at radius 1 is 1.52 bits per heavy atom. The molecule has 3 N–H and O–H groups in total. The van der Waals surface area contributed by atoms with Crippen molar-refractivity contribution in [2.75, 3.05) is 33.2 Å². The van der Waals surface area contributed by atoms with E-state index in [1.54, 1.807) is 4.90 Å². The highest BCUT2D eigenvalue weighted by molar-refractivity contribution is 7.89. The van der Waals surface area contributed by atoms with Gasteiger partial charge in [-0.3, -0.25) is 0 Å². The third-order valence-electron chi connectivity index (χ3n) is 4.21. The molecule has 1 fully saturated rings. The third kappa shape index (κ3) is 5.80. The first-order valence-electron chi connectivity index (χ1n) is 7.50. The number of likely N-dealkylation sites (N-methyl/N-ethyl adjacent to an activating group) is 1.